The molecule has 2 heterocycles. The summed E-state index contributed by atoms with van der Waals surface area (Å²) >= 11 is 5.70. The third-order valence-corrected chi connectivity index (χ3v) is 1.81. The molecular formula is C7H6ClN3. The van der Waals surface area contributed by atoms with E-state index in [0.29, 0.717) is 10.8 Å². The van der Waals surface area contributed by atoms with Crippen molar-refractivity contribution in [3.63, 3.8) is 0 Å². The summed E-state index contributed by atoms with van der Waals surface area (Å²) in [5, 5.41) is 4.33. The molecule has 2 rings (SSSR count). The number of nitrogens with zero attached hydrogens (tertiary/aromatic N) is 2. The number of fused-ring (bicyclic) bond motifs is 1. The normalized spacial score (nSPS) is 10.6. The molecule has 0 atom stereocenters. The zero-order valence-electron chi connectivity index (χ0n) is 5.66. The summed E-state index contributed by atoms with van der Waals surface area (Å²) in [6.07, 6.45) is 1.80. The smallest absolute Gasteiger partial charge is 0.175 e. The highest BCUT2D eigenvalue weighted by Crippen LogP contribution is 2.21. The van der Waals surface area contributed by atoms with Crippen LogP contribution in [0.25, 0.3) is 5.52 Å². The quantitative estimate of drug-likeness (QED) is 0.647. The van der Waals surface area contributed by atoms with Gasteiger partial charge in [-0.25, -0.2) is 4.52 Å². The van der Waals surface area contributed by atoms with Crippen molar-refractivity contribution >= 4 is 22.8 Å². The highest BCUT2D eigenvalue weighted by atomic mass is 35.5. The second-order valence-electron chi connectivity index (χ2n) is 2.23. The Hall–Kier alpha value is -1.22. The lowest BCUT2D eigenvalue weighted by Crippen LogP contribution is -1.85. The van der Waals surface area contributed by atoms with E-state index in [1.165, 1.54) is 0 Å². The van der Waals surface area contributed by atoms with Gasteiger partial charge < -0.3 is 5.73 Å². The molecule has 0 spiro atoms. The summed E-state index contributed by atoms with van der Waals surface area (Å²) in [5.41, 5.74) is 7.00. The Bertz CT molecular complexity index is 393. The monoisotopic (exact) mass is 167 g/mol. The lowest BCUT2D eigenvalue weighted by Gasteiger charge is -1.89. The van der Waals surface area contributed by atoms with Gasteiger partial charge in [-0.1, -0.05) is 17.7 Å². The molecular weight excluding hydrogens is 162 g/mol. The highest BCUT2D eigenvalue weighted by molar-refractivity contribution is 6.32. The average molecular weight is 168 g/mol. The summed E-state index contributed by atoms with van der Waals surface area (Å²) in [4.78, 5) is 0. The fraction of sp³-hybridized carbons (Fsp3) is 0. The van der Waals surface area contributed by atoms with Crippen LogP contribution in [0.2, 0.25) is 5.15 Å². The van der Waals surface area contributed by atoms with Crippen molar-refractivity contribution in [2.24, 2.45) is 0 Å². The van der Waals surface area contributed by atoms with Crippen molar-refractivity contribution in [2.75, 3.05) is 5.73 Å². The molecule has 0 saturated heterocycles. The molecule has 3 nitrogen and oxygen atoms in total. The van der Waals surface area contributed by atoms with E-state index in [0.717, 1.165) is 5.52 Å². The number of rotatable bonds is 0. The van der Waals surface area contributed by atoms with E-state index in [9.17, 15) is 0 Å². The first-order chi connectivity index (χ1) is 5.29. The van der Waals surface area contributed by atoms with Gasteiger partial charge in [-0.2, -0.15) is 5.10 Å². The third kappa shape index (κ3) is 0.851. The molecule has 0 aliphatic carbocycles. The van der Waals surface area contributed by atoms with Crippen LogP contribution in [0.5, 0.6) is 0 Å². The molecule has 2 aromatic heterocycles. The van der Waals surface area contributed by atoms with Crippen molar-refractivity contribution in [3.05, 3.63) is 29.5 Å². The highest BCUT2D eigenvalue weighted by Gasteiger charge is 2.04. The molecule has 2 aromatic rings. The minimum absolute atomic E-state index is 0.358. The van der Waals surface area contributed by atoms with Gasteiger partial charge in [0.05, 0.1) is 11.2 Å². The van der Waals surface area contributed by atoms with Crippen LogP contribution in [0.3, 0.4) is 0 Å². The molecule has 0 aromatic carbocycles. The van der Waals surface area contributed by atoms with Crippen LogP contribution in [0, 0.1) is 0 Å². The predicted molar refractivity (Wildman–Crippen MR) is 44.6 cm³/mol. The number of hydrogen-bond donors (Lipinski definition) is 1. The van der Waals surface area contributed by atoms with Crippen LogP contribution in [-0.4, -0.2) is 9.61 Å². The number of halogens is 1. The predicted octanol–water partition coefficient (Wildman–Crippen LogP) is 1.57. The largest absolute Gasteiger partial charge is 0.394 e. The van der Waals surface area contributed by atoms with Crippen molar-refractivity contribution in [1.82, 2.24) is 9.61 Å². The van der Waals surface area contributed by atoms with Crippen molar-refractivity contribution in [3.8, 4) is 0 Å². The molecule has 0 aliphatic heterocycles. The minimum Gasteiger partial charge on any atom is -0.394 e. The standard InChI is InChI=1S/C7H6ClN3/c8-7-6(9)5-3-1-2-4-11(5)10-7/h1-4H,9H2. The lowest BCUT2D eigenvalue weighted by molar-refractivity contribution is 0.962. The van der Waals surface area contributed by atoms with Crippen LogP contribution in [0.1, 0.15) is 0 Å². The zero-order valence-corrected chi connectivity index (χ0v) is 6.42. The van der Waals surface area contributed by atoms with Gasteiger partial charge in [-0.15, -0.1) is 0 Å². The number of nitrogen functional groups attached to an aromatic ring is 1. The van der Waals surface area contributed by atoms with Gasteiger partial charge in [0.2, 0.25) is 0 Å². The number of nitrogens with two attached hydrogens (primary N) is 1. The minimum atomic E-state index is 0.358. The van der Waals surface area contributed by atoms with Crippen molar-refractivity contribution < 1.29 is 0 Å². The second-order valence-corrected chi connectivity index (χ2v) is 2.59. The fourth-order valence-electron chi connectivity index (χ4n) is 0.989. The molecule has 0 saturated carbocycles. The van der Waals surface area contributed by atoms with Gasteiger partial charge in [0, 0.05) is 6.20 Å². The fourth-order valence-corrected chi connectivity index (χ4v) is 1.17. The van der Waals surface area contributed by atoms with Crippen LogP contribution in [0.4, 0.5) is 5.69 Å². The number of anilines is 1. The van der Waals surface area contributed by atoms with Gasteiger partial charge in [-0.05, 0) is 12.1 Å². The maximum Gasteiger partial charge on any atom is 0.175 e. The Labute approximate surface area is 68.4 Å². The Morgan fingerprint density at radius 3 is 3.00 bits per heavy atom. The molecule has 4 heteroatoms. The van der Waals surface area contributed by atoms with E-state index in [-0.39, 0.29) is 0 Å². The van der Waals surface area contributed by atoms with Crippen LogP contribution in [-0.2, 0) is 0 Å². The molecule has 56 valence electrons. The van der Waals surface area contributed by atoms with Crippen LogP contribution in [0.15, 0.2) is 24.4 Å². The molecule has 0 amide bonds. The lowest BCUT2D eigenvalue weighted by atomic mass is 10.4. The van der Waals surface area contributed by atoms with Crippen molar-refractivity contribution in [1.29, 1.82) is 0 Å². The Morgan fingerprint density at radius 1 is 1.45 bits per heavy atom. The molecule has 2 N–H and O–H groups in total. The summed E-state index contributed by atoms with van der Waals surface area (Å²) in [6.45, 7) is 0. The maximum atomic E-state index is 5.70. The van der Waals surface area contributed by atoms with E-state index >= 15 is 0 Å². The number of pyridine rings is 1. The van der Waals surface area contributed by atoms with Gasteiger partial charge >= 0.3 is 0 Å². The number of aromatic nitrogens is 2. The van der Waals surface area contributed by atoms with Gasteiger partial charge in [-0.3, -0.25) is 0 Å². The Morgan fingerprint density at radius 2 is 2.27 bits per heavy atom. The molecule has 0 bridgehead atoms. The zero-order chi connectivity index (χ0) is 7.84. The first-order valence-electron chi connectivity index (χ1n) is 3.17. The van der Waals surface area contributed by atoms with Gasteiger partial charge in [0.15, 0.2) is 5.15 Å². The van der Waals surface area contributed by atoms with E-state index in [2.05, 4.69) is 5.10 Å². The summed E-state index contributed by atoms with van der Waals surface area (Å²) < 4.78 is 1.65. The Balaban J connectivity index is 2.92. The molecule has 0 unspecified atom stereocenters. The van der Waals surface area contributed by atoms with E-state index in [1.807, 2.05) is 18.2 Å². The van der Waals surface area contributed by atoms with Gasteiger partial charge in [0.25, 0.3) is 0 Å². The van der Waals surface area contributed by atoms with Crippen LogP contribution >= 0.6 is 11.6 Å². The van der Waals surface area contributed by atoms with E-state index in [4.69, 9.17) is 17.3 Å². The summed E-state index contributed by atoms with van der Waals surface area (Å²) in [7, 11) is 0. The first-order valence-corrected chi connectivity index (χ1v) is 3.55. The molecule has 0 aliphatic rings. The maximum absolute atomic E-state index is 5.70. The SMILES string of the molecule is Nc1c(Cl)nn2ccccc12. The topological polar surface area (TPSA) is 43.3 Å². The summed E-state index contributed by atoms with van der Waals surface area (Å²) in [6, 6.07) is 5.63. The third-order valence-electron chi connectivity index (χ3n) is 1.53. The molecule has 0 radical (unpaired) electrons. The van der Waals surface area contributed by atoms with Crippen molar-refractivity contribution in [2.45, 2.75) is 0 Å². The molecule has 0 fully saturated rings. The Kier molecular flexibility index (Phi) is 1.26. The second kappa shape index (κ2) is 2.13. The average Bonchev–Trinajstić information content (AvgIpc) is 2.30. The summed E-state index contributed by atoms with van der Waals surface area (Å²) in [5.74, 6) is 0. The van der Waals surface area contributed by atoms with Crippen LogP contribution < -0.4 is 5.73 Å². The van der Waals surface area contributed by atoms with E-state index < -0.39 is 0 Å². The number of hydrogen-bond acceptors (Lipinski definition) is 2. The first kappa shape index (κ1) is 6.49. The van der Waals surface area contributed by atoms with Gasteiger partial charge in [0.1, 0.15) is 0 Å². The molecule has 11 heavy (non-hydrogen) atoms. The van der Waals surface area contributed by atoms with E-state index in [1.54, 1.807) is 10.7 Å².